The van der Waals surface area contributed by atoms with Crippen molar-refractivity contribution in [2.24, 2.45) is 0 Å². The Hall–Kier alpha value is -1.67. The molecule has 0 radical (unpaired) electrons. The average Bonchev–Trinajstić information content (AvgIpc) is 2.38. The maximum absolute atomic E-state index is 11.3. The molecule has 8 nitrogen and oxygen atoms in total. The van der Waals surface area contributed by atoms with Crippen molar-refractivity contribution in [1.29, 1.82) is 0 Å². The maximum Gasteiger partial charge on any atom is 0.303 e. The lowest BCUT2D eigenvalue weighted by Crippen LogP contribution is -2.54. The van der Waals surface area contributed by atoms with Crippen LogP contribution in [0.25, 0.3) is 0 Å². The Labute approximate surface area is 129 Å². The third kappa shape index (κ3) is 5.98. The summed E-state index contributed by atoms with van der Waals surface area (Å²) in [7, 11) is 0. The van der Waals surface area contributed by atoms with Crippen LogP contribution >= 0.6 is 0 Å². The van der Waals surface area contributed by atoms with Crippen molar-refractivity contribution in [1.82, 2.24) is 0 Å². The summed E-state index contributed by atoms with van der Waals surface area (Å²) in [6.45, 7) is 5.82. The first-order chi connectivity index (χ1) is 10.3. The summed E-state index contributed by atoms with van der Waals surface area (Å²) in [5.41, 5.74) is 0. The number of carbonyl (C=O) groups excluding carboxylic acids is 3. The van der Waals surface area contributed by atoms with E-state index in [1.807, 2.05) is 0 Å². The molecule has 0 aliphatic carbocycles. The van der Waals surface area contributed by atoms with E-state index >= 15 is 0 Å². The van der Waals surface area contributed by atoms with Crippen molar-refractivity contribution < 1.29 is 38.1 Å². The van der Waals surface area contributed by atoms with E-state index in [-0.39, 0.29) is 13.0 Å². The number of carbonyl (C=O) groups is 3. The zero-order chi connectivity index (χ0) is 16.7. The summed E-state index contributed by atoms with van der Waals surface area (Å²) in [5, 5.41) is 0. The summed E-state index contributed by atoms with van der Waals surface area (Å²) in [4.78, 5) is 33.5. The van der Waals surface area contributed by atoms with E-state index in [4.69, 9.17) is 23.7 Å². The lowest BCUT2D eigenvalue weighted by atomic mass is 10.0. The molecule has 1 rings (SSSR count). The Kier molecular flexibility index (Phi) is 7.26. The van der Waals surface area contributed by atoms with Gasteiger partial charge in [-0.3, -0.25) is 14.4 Å². The van der Waals surface area contributed by atoms with Crippen molar-refractivity contribution in [3.05, 3.63) is 0 Å². The van der Waals surface area contributed by atoms with Crippen LogP contribution in [-0.2, 0) is 38.1 Å². The van der Waals surface area contributed by atoms with Crippen LogP contribution in [0.3, 0.4) is 0 Å². The SMILES string of the molecule is CCO[C@H]1C[C@@H](OC(C)=O)[C@@H](OC(C)=O)[C@@H](COC(C)=O)O1. The van der Waals surface area contributed by atoms with E-state index in [2.05, 4.69) is 0 Å². The van der Waals surface area contributed by atoms with Gasteiger partial charge >= 0.3 is 17.9 Å². The second kappa shape index (κ2) is 8.70. The van der Waals surface area contributed by atoms with Crippen molar-refractivity contribution in [2.45, 2.75) is 58.7 Å². The predicted octanol–water partition coefficient (Wildman–Crippen LogP) is 0.564. The highest BCUT2D eigenvalue weighted by Crippen LogP contribution is 2.26. The van der Waals surface area contributed by atoms with Crippen LogP contribution in [0.5, 0.6) is 0 Å². The second-order valence-electron chi connectivity index (χ2n) is 4.82. The molecule has 0 amide bonds. The van der Waals surface area contributed by atoms with Crippen LogP contribution in [0, 0.1) is 0 Å². The molecule has 0 bridgehead atoms. The summed E-state index contributed by atoms with van der Waals surface area (Å²) in [6, 6.07) is 0. The number of esters is 3. The summed E-state index contributed by atoms with van der Waals surface area (Å²) in [6.07, 6.45) is -2.78. The Morgan fingerprint density at radius 3 is 2.18 bits per heavy atom. The van der Waals surface area contributed by atoms with Gasteiger partial charge in [-0.1, -0.05) is 0 Å². The van der Waals surface area contributed by atoms with E-state index in [0.717, 1.165) is 0 Å². The molecule has 22 heavy (non-hydrogen) atoms. The molecular weight excluding hydrogens is 296 g/mol. The van der Waals surface area contributed by atoms with Gasteiger partial charge in [0, 0.05) is 33.8 Å². The van der Waals surface area contributed by atoms with Gasteiger partial charge in [0.2, 0.25) is 0 Å². The fourth-order valence-electron chi connectivity index (χ4n) is 2.19. The molecule has 0 unspecified atom stereocenters. The van der Waals surface area contributed by atoms with Crippen LogP contribution in [0.15, 0.2) is 0 Å². The van der Waals surface area contributed by atoms with Gasteiger partial charge in [0.1, 0.15) is 18.8 Å². The molecule has 0 N–H and O–H groups in total. The van der Waals surface area contributed by atoms with Crippen LogP contribution in [0.2, 0.25) is 0 Å². The molecule has 0 aromatic carbocycles. The average molecular weight is 318 g/mol. The fourth-order valence-corrected chi connectivity index (χ4v) is 2.19. The number of rotatable bonds is 6. The lowest BCUT2D eigenvalue weighted by Gasteiger charge is -2.39. The summed E-state index contributed by atoms with van der Waals surface area (Å²) >= 11 is 0. The van der Waals surface area contributed by atoms with Gasteiger partial charge in [-0.05, 0) is 6.92 Å². The molecule has 0 aromatic rings. The molecule has 1 aliphatic heterocycles. The smallest absolute Gasteiger partial charge is 0.303 e. The Bertz CT molecular complexity index is 408. The molecule has 1 saturated heterocycles. The van der Waals surface area contributed by atoms with Gasteiger partial charge in [-0.25, -0.2) is 0 Å². The predicted molar refractivity (Wildman–Crippen MR) is 72.6 cm³/mol. The fraction of sp³-hybridized carbons (Fsp3) is 0.786. The van der Waals surface area contributed by atoms with Crippen LogP contribution in [-0.4, -0.2) is 55.7 Å². The van der Waals surface area contributed by atoms with E-state index in [9.17, 15) is 14.4 Å². The first-order valence-electron chi connectivity index (χ1n) is 7.08. The van der Waals surface area contributed by atoms with Crippen LogP contribution < -0.4 is 0 Å². The summed E-state index contributed by atoms with van der Waals surface area (Å²) in [5.74, 6) is -1.55. The van der Waals surface area contributed by atoms with Crippen molar-refractivity contribution in [3.8, 4) is 0 Å². The number of ether oxygens (including phenoxy) is 5. The Balaban J connectivity index is 2.89. The Morgan fingerprint density at radius 1 is 1.05 bits per heavy atom. The Morgan fingerprint density at radius 2 is 1.68 bits per heavy atom. The monoisotopic (exact) mass is 318 g/mol. The normalized spacial score (nSPS) is 27.8. The largest absolute Gasteiger partial charge is 0.463 e. The van der Waals surface area contributed by atoms with Crippen molar-refractivity contribution >= 4 is 17.9 Å². The number of hydrogen-bond donors (Lipinski definition) is 0. The third-order valence-electron chi connectivity index (χ3n) is 2.91. The quantitative estimate of drug-likeness (QED) is 0.518. The molecule has 1 heterocycles. The molecule has 126 valence electrons. The summed E-state index contributed by atoms with van der Waals surface area (Å²) < 4.78 is 26.3. The minimum Gasteiger partial charge on any atom is -0.463 e. The van der Waals surface area contributed by atoms with E-state index in [0.29, 0.717) is 6.61 Å². The first-order valence-corrected chi connectivity index (χ1v) is 7.08. The van der Waals surface area contributed by atoms with Gasteiger partial charge in [-0.2, -0.15) is 0 Å². The van der Waals surface area contributed by atoms with Gasteiger partial charge < -0.3 is 23.7 Å². The zero-order valence-electron chi connectivity index (χ0n) is 13.2. The van der Waals surface area contributed by atoms with E-state index in [1.54, 1.807) is 6.92 Å². The third-order valence-corrected chi connectivity index (χ3v) is 2.91. The highest BCUT2D eigenvalue weighted by molar-refractivity contribution is 5.67. The lowest BCUT2D eigenvalue weighted by molar-refractivity contribution is -0.265. The highest BCUT2D eigenvalue weighted by Gasteiger charge is 2.43. The highest BCUT2D eigenvalue weighted by atomic mass is 16.7. The first kappa shape index (κ1) is 18.4. The molecule has 0 aromatic heterocycles. The minimum absolute atomic E-state index is 0.130. The van der Waals surface area contributed by atoms with E-state index < -0.39 is 42.5 Å². The molecule has 8 heteroatoms. The van der Waals surface area contributed by atoms with Gasteiger partial charge in [-0.15, -0.1) is 0 Å². The topological polar surface area (TPSA) is 97.4 Å². The van der Waals surface area contributed by atoms with Gasteiger partial charge in [0.05, 0.1) is 0 Å². The minimum atomic E-state index is -0.863. The molecule has 1 aliphatic rings. The van der Waals surface area contributed by atoms with Crippen molar-refractivity contribution in [3.63, 3.8) is 0 Å². The molecular formula is C14H22O8. The molecule has 1 fully saturated rings. The van der Waals surface area contributed by atoms with Gasteiger partial charge in [0.15, 0.2) is 12.4 Å². The maximum atomic E-state index is 11.3. The standard InChI is InChI=1S/C14H22O8/c1-5-18-13-6-11(20-9(3)16)14(21-10(4)17)12(22-13)7-19-8(2)15/h11-14H,5-7H2,1-4H3/t11-,12-,13-,14-/m1/s1. The van der Waals surface area contributed by atoms with Crippen molar-refractivity contribution in [2.75, 3.05) is 13.2 Å². The zero-order valence-corrected chi connectivity index (χ0v) is 13.2. The van der Waals surface area contributed by atoms with Gasteiger partial charge in [0.25, 0.3) is 0 Å². The molecule has 0 saturated carbocycles. The van der Waals surface area contributed by atoms with Crippen LogP contribution in [0.1, 0.15) is 34.1 Å². The number of hydrogen-bond acceptors (Lipinski definition) is 8. The second-order valence-corrected chi connectivity index (χ2v) is 4.82. The molecule has 0 spiro atoms. The van der Waals surface area contributed by atoms with E-state index in [1.165, 1.54) is 20.8 Å². The molecule has 4 atom stereocenters. The van der Waals surface area contributed by atoms with Crippen LogP contribution in [0.4, 0.5) is 0 Å².